The number of nitrogens with zero attached hydrogens (tertiary/aromatic N) is 1. The van der Waals surface area contributed by atoms with Gasteiger partial charge in [-0.25, -0.2) is 0 Å². The number of aliphatic hydroxyl groups excluding tert-OH is 1. The third-order valence-corrected chi connectivity index (χ3v) is 4.22. The molecule has 0 aliphatic rings. The molecule has 0 aliphatic carbocycles. The third kappa shape index (κ3) is 6.84. The van der Waals surface area contributed by atoms with E-state index >= 15 is 0 Å². The molecule has 4 heteroatoms. The average Bonchev–Trinajstić information content (AvgIpc) is 2.89. The van der Waals surface area contributed by atoms with Crippen molar-refractivity contribution in [2.24, 2.45) is 5.92 Å². The van der Waals surface area contributed by atoms with E-state index in [1.54, 1.807) is 11.3 Å². The Hall–Kier alpha value is -0.420. The molecule has 1 heterocycles. The summed E-state index contributed by atoms with van der Waals surface area (Å²) in [5.41, 5.74) is 0. The second-order valence-electron chi connectivity index (χ2n) is 5.85. The van der Waals surface area contributed by atoms with E-state index in [9.17, 15) is 5.11 Å². The summed E-state index contributed by atoms with van der Waals surface area (Å²) >= 11 is 1.77. The van der Waals surface area contributed by atoms with E-state index in [1.807, 2.05) is 0 Å². The van der Waals surface area contributed by atoms with Crippen LogP contribution in [0.15, 0.2) is 17.5 Å². The number of aliphatic hydroxyl groups is 1. The van der Waals surface area contributed by atoms with Crippen molar-refractivity contribution in [3.63, 3.8) is 0 Å². The van der Waals surface area contributed by atoms with Crippen LogP contribution in [0.4, 0.5) is 0 Å². The third-order valence-electron chi connectivity index (χ3n) is 3.36. The minimum absolute atomic E-state index is 0.414. The molecule has 1 aromatic rings. The Labute approximate surface area is 127 Å². The quantitative estimate of drug-likeness (QED) is 0.719. The number of hydrogen-bond donors (Lipinski definition) is 1. The molecular weight excluding hydrogens is 270 g/mol. The van der Waals surface area contributed by atoms with E-state index in [-0.39, 0.29) is 0 Å². The molecule has 0 amide bonds. The van der Waals surface area contributed by atoms with E-state index in [4.69, 9.17) is 4.74 Å². The zero-order valence-corrected chi connectivity index (χ0v) is 14.0. The van der Waals surface area contributed by atoms with Crippen molar-refractivity contribution < 1.29 is 9.84 Å². The van der Waals surface area contributed by atoms with Gasteiger partial charge in [-0.3, -0.25) is 4.90 Å². The summed E-state index contributed by atoms with van der Waals surface area (Å²) in [6.07, 6.45) is 0.674. The molecule has 1 aromatic heterocycles. The van der Waals surface area contributed by atoms with Crippen molar-refractivity contribution in [1.29, 1.82) is 0 Å². The normalized spacial score (nSPS) is 14.9. The predicted molar refractivity (Wildman–Crippen MR) is 86.1 cm³/mol. The van der Waals surface area contributed by atoms with E-state index < -0.39 is 6.10 Å². The van der Waals surface area contributed by atoms with Gasteiger partial charge < -0.3 is 9.84 Å². The first-order chi connectivity index (χ1) is 9.52. The van der Waals surface area contributed by atoms with Gasteiger partial charge in [0.1, 0.15) is 0 Å². The molecule has 0 bridgehead atoms. The second kappa shape index (κ2) is 9.50. The Balaban J connectivity index is 2.43. The molecule has 2 atom stereocenters. The van der Waals surface area contributed by atoms with E-state index in [2.05, 4.69) is 50.1 Å². The lowest BCUT2D eigenvalue weighted by Gasteiger charge is -2.30. The monoisotopic (exact) mass is 299 g/mol. The summed E-state index contributed by atoms with van der Waals surface area (Å²) in [6.45, 7) is 11.4. The fourth-order valence-corrected chi connectivity index (χ4v) is 2.75. The molecule has 116 valence electrons. The van der Waals surface area contributed by atoms with Gasteiger partial charge >= 0.3 is 0 Å². The molecule has 0 unspecified atom stereocenters. The highest BCUT2D eigenvalue weighted by atomic mass is 32.1. The van der Waals surface area contributed by atoms with Crippen molar-refractivity contribution in [3.8, 4) is 0 Å². The molecular formula is C16H29NO2S. The maximum atomic E-state index is 10.1. The van der Waals surface area contributed by atoms with Crippen molar-refractivity contribution in [2.75, 3.05) is 19.8 Å². The van der Waals surface area contributed by atoms with Crippen LogP contribution < -0.4 is 0 Å². The highest BCUT2D eigenvalue weighted by Crippen LogP contribution is 2.15. The molecule has 0 aliphatic heterocycles. The van der Waals surface area contributed by atoms with Crippen LogP contribution in [-0.2, 0) is 11.3 Å². The highest BCUT2D eigenvalue weighted by molar-refractivity contribution is 7.09. The van der Waals surface area contributed by atoms with Gasteiger partial charge in [-0.1, -0.05) is 26.8 Å². The number of hydrogen-bond acceptors (Lipinski definition) is 4. The number of thiophene rings is 1. The average molecular weight is 299 g/mol. The standard InChI is InChI=1S/C16H29NO2S/c1-5-14(4)17(10-16-7-6-8-20-16)9-15(18)12-19-11-13(2)3/h6-8,13-15,18H,5,9-12H2,1-4H3/t14-,15-/m0/s1. The first-order valence-electron chi connectivity index (χ1n) is 7.55. The van der Waals surface area contributed by atoms with Gasteiger partial charge in [0.2, 0.25) is 0 Å². The van der Waals surface area contributed by atoms with Crippen molar-refractivity contribution in [2.45, 2.75) is 52.8 Å². The summed E-state index contributed by atoms with van der Waals surface area (Å²) in [5, 5.41) is 12.2. The summed E-state index contributed by atoms with van der Waals surface area (Å²) in [4.78, 5) is 3.69. The lowest BCUT2D eigenvalue weighted by molar-refractivity contribution is 0.000316. The van der Waals surface area contributed by atoms with Crippen LogP contribution >= 0.6 is 11.3 Å². The largest absolute Gasteiger partial charge is 0.389 e. The van der Waals surface area contributed by atoms with E-state index in [1.165, 1.54) is 4.88 Å². The Morgan fingerprint density at radius 2 is 2.05 bits per heavy atom. The van der Waals surface area contributed by atoms with Crippen molar-refractivity contribution in [3.05, 3.63) is 22.4 Å². The van der Waals surface area contributed by atoms with E-state index in [0.29, 0.717) is 31.7 Å². The molecule has 0 spiro atoms. The van der Waals surface area contributed by atoms with Gasteiger partial charge in [-0.15, -0.1) is 11.3 Å². The van der Waals surface area contributed by atoms with Crippen LogP contribution in [0.1, 0.15) is 39.0 Å². The molecule has 20 heavy (non-hydrogen) atoms. The zero-order valence-electron chi connectivity index (χ0n) is 13.2. The van der Waals surface area contributed by atoms with Gasteiger partial charge in [0.25, 0.3) is 0 Å². The summed E-state index contributed by atoms with van der Waals surface area (Å²) in [5.74, 6) is 0.513. The van der Waals surface area contributed by atoms with Crippen molar-refractivity contribution in [1.82, 2.24) is 4.90 Å². The molecule has 1 rings (SSSR count). The highest BCUT2D eigenvalue weighted by Gasteiger charge is 2.17. The number of ether oxygens (including phenoxy) is 1. The smallest absolute Gasteiger partial charge is 0.0900 e. The summed E-state index contributed by atoms with van der Waals surface area (Å²) < 4.78 is 5.53. The lowest BCUT2D eigenvalue weighted by Crippen LogP contribution is -2.39. The predicted octanol–water partition coefficient (Wildman–Crippen LogP) is 3.38. The lowest BCUT2D eigenvalue weighted by atomic mass is 10.2. The minimum Gasteiger partial charge on any atom is -0.389 e. The van der Waals surface area contributed by atoms with Gasteiger partial charge in [0.15, 0.2) is 0 Å². The molecule has 0 radical (unpaired) electrons. The molecule has 0 fully saturated rings. The molecule has 0 saturated carbocycles. The van der Waals surface area contributed by atoms with Crippen LogP contribution in [0.3, 0.4) is 0 Å². The Bertz CT molecular complexity index is 340. The SMILES string of the molecule is CC[C@H](C)N(Cc1cccs1)C[C@H](O)COCC(C)C. The Morgan fingerprint density at radius 1 is 1.30 bits per heavy atom. The Kier molecular flexibility index (Phi) is 8.38. The molecule has 3 nitrogen and oxygen atoms in total. The van der Waals surface area contributed by atoms with Gasteiger partial charge in [0.05, 0.1) is 12.7 Å². The number of rotatable bonds is 10. The van der Waals surface area contributed by atoms with Gasteiger partial charge in [-0.05, 0) is 30.7 Å². The molecule has 0 aromatic carbocycles. The molecule has 0 saturated heterocycles. The van der Waals surface area contributed by atoms with Crippen molar-refractivity contribution >= 4 is 11.3 Å². The topological polar surface area (TPSA) is 32.7 Å². The van der Waals surface area contributed by atoms with Gasteiger partial charge in [0, 0.05) is 30.6 Å². The van der Waals surface area contributed by atoms with Crippen LogP contribution in [0.2, 0.25) is 0 Å². The van der Waals surface area contributed by atoms with E-state index in [0.717, 1.165) is 13.0 Å². The van der Waals surface area contributed by atoms with Gasteiger partial charge in [-0.2, -0.15) is 0 Å². The summed E-state index contributed by atoms with van der Waals surface area (Å²) in [6, 6.07) is 4.70. The minimum atomic E-state index is -0.414. The maximum absolute atomic E-state index is 10.1. The summed E-state index contributed by atoms with van der Waals surface area (Å²) in [7, 11) is 0. The maximum Gasteiger partial charge on any atom is 0.0900 e. The zero-order chi connectivity index (χ0) is 15.0. The van der Waals surface area contributed by atoms with Crippen LogP contribution in [-0.4, -0.2) is 41.9 Å². The van der Waals surface area contributed by atoms with Crippen LogP contribution in [0, 0.1) is 5.92 Å². The Morgan fingerprint density at radius 3 is 2.60 bits per heavy atom. The fraction of sp³-hybridized carbons (Fsp3) is 0.750. The first kappa shape index (κ1) is 17.6. The molecule has 1 N–H and O–H groups in total. The second-order valence-corrected chi connectivity index (χ2v) is 6.88. The fourth-order valence-electron chi connectivity index (χ4n) is 2.02. The van der Waals surface area contributed by atoms with Crippen LogP contribution in [0.25, 0.3) is 0 Å². The first-order valence-corrected chi connectivity index (χ1v) is 8.43. The van der Waals surface area contributed by atoms with Crippen LogP contribution in [0.5, 0.6) is 0 Å².